The maximum Gasteiger partial charge on any atom is 0.248 e. The Morgan fingerprint density at radius 3 is 2.83 bits per heavy atom. The molecule has 1 unspecified atom stereocenters. The van der Waals surface area contributed by atoms with Crippen molar-refractivity contribution in [1.29, 1.82) is 5.26 Å². The molecule has 1 fully saturated rings. The molecule has 10 heteroatoms. The third kappa shape index (κ3) is 6.97. The minimum atomic E-state index is -0.339. The zero-order valence-corrected chi connectivity index (χ0v) is 23.7. The van der Waals surface area contributed by atoms with Crippen molar-refractivity contribution in [3.05, 3.63) is 94.9 Å². The molecule has 0 aliphatic carbocycles. The molecule has 1 amide bonds. The second-order valence-electron chi connectivity index (χ2n) is 9.70. The van der Waals surface area contributed by atoms with Gasteiger partial charge in [0.2, 0.25) is 5.91 Å². The molecule has 8 nitrogen and oxygen atoms in total. The van der Waals surface area contributed by atoms with Gasteiger partial charge in [-0.15, -0.1) is 0 Å². The highest BCUT2D eigenvalue weighted by Crippen LogP contribution is 2.37. The van der Waals surface area contributed by atoms with Crippen LogP contribution in [0.1, 0.15) is 30.9 Å². The largest absolute Gasteiger partial charge is 0.492 e. The van der Waals surface area contributed by atoms with Crippen molar-refractivity contribution in [2.45, 2.75) is 32.4 Å². The summed E-state index contributed by atoms with van der Waals surface area (Å²) in [4.78, 5) is 17.2. The van der Waals surface area contributed by atoms with Gasteiger partial charge in [-0.3, -0.25) is 9.78 Å². The molecule has 0 radical (unpaired) electrons. The number of hydrogen-bond donors (Lipinski definition) is 3. The summed E-state index contributed by atoms with van der Waals surface area (Å²) in [7, 11) is 0. The number of nitrogens with zero attached hydrogens (tertiary/aromatic N) is 2. The van der Waals surface area contributed by atoms with Gasteiger partial charge in [0.05, 0.1) is 34.1 Å². The fraction of sp³-hybridized carbons (Fsp3) is 0.219. The van der Waals surface area contributed by atoms with E-state index in [1.165, 1.54) is 24.4 Å². The normalized spacial score (nSPS) is 14.6. The lowest BCUT2D eigenvalue weighted by Crippen LogP contribution is -2.19. The summed E-state index contributed by atoms with van der Waals surface area (Å²) in [6.07, 6.45) is 6.93. The van der Waals surface area contributed by atoms with Crippen LogP contribution in [0, 0.1) is 17.1 Å². The number of pyridine rings is 1. The van der Waals surface area contributed by atoms with E-state index in [0.29, 0.717) is 62.2 Å². The number of rotatable bonds is 10. The van der Waals surface area contributed by atoms with Gasteiger partial charge < -0.3 is 25.4 Å². The molecule has 3 N–H and O–H groups in total. The minimum absolute atomic E-state index is 0.154. The number of anilines is 3. The molecule has 4 aromatic rings. The fourth-order valence-electron chi connectivity index (χ4n) is 4.69. The average Bonchev–Trinajstić information content (AvgIpc) is 3.50. The van der Waals surface area contributed by atoms with Gasteiger partial charge in [-0.05, 0) is 68.3 Å². The second kappa shape index (κ2) is 13.3. The van der Waals surface area contributed by atoms with E-state index in [1.54, 1.807) is 42.5 Å². The Hall–Kier alpha value is -4.65. The van der Waals surface area contributed by atoms with Gasteiger partial charge in [-0.2, -0.15) is 5.26 Å². The van der Waals surface area contributed by atoms with E-state index >= 15 is 0 Å². The lowest BCUT2D eigenvalue weighted by molar-refractivity contribution is -0.111. The number of ether oxygens (including phenoxy) is 2. The lowest BCUT2D eigenvalue weighted by Gasteiger charge is -2.16. The predicted octanol–water partition coefficient (Wildman–Crippen LogP) is 6.87. The Bertz CT molecular complexity index is 1680. The predicted molar refractivity (Wildman–Crippen MR) is 162 cm³/mol. The van der Waals surface area contributed by atoms with E-state index in [1.807, 2.05) is 13.0 Å². The summed E-state index contributed by atoms with van der Waals surface area (Å²) in [5, 5.41) is 20.3. The topological polar surface area (TPSA) is 108 Å². The van der Waals surface area contributed by atoms with E-state index in [-0.39, 0.29) is 24.4 Å². The maximum absolute atomic E-state index is 13.5. The highest BCUT2D eigenvalue weighted by Gasteiger charge is 2.16. The van der Waals surface area contributed by atoms with Crippen LogP contribution in [0.3, 0.4) is 0 Å². The Balaban J connectivity index is 1.42. The molecule has 2 heterocycles. The van der Waals surface area contributed by atoms with Crippen LogP contribution in [0.25, 0.3) is 10.9 Å². The van der Waals surface area contributed by atoms with Crippen LogP contribution < -0.4 is 25.4 Å². The van der Waals surface area contributed by atoms with Crippen molar-refractivity contribution in [3.63, 3.8) is 0 Å². The monoisotopic (exact) mass is 585 g/mol. The summed E-state index contributed by atoms with van der Waals surface area (Å²) >= 11 is 6.51. The second-order valence-corrected chi connectivity index (χ2v) is 10.1. The van der Waals surface area contributed by atoms with Crippen molar-refractivity contribution < 1.29 is 18.7 Å². The summed E-state index contributed by atoms with van der Waals surface area (Å²) in [5.41, 5.74) is 3.11. The summed E-state index contributed by atoms with van der Waals surface area (Å²) in [6, 6.07) is 17.1. The first kappa shape index (κ1) is 28.9. The zero-order valence-electron chi connectivity index (χ0n) is 22.9. The van der Waals surface area contributed by atoms with Gasteiger partial charge in [0.1, 0.15) is 30.0 Å². The van der Waals surface area contributed by atoms with Gasteiger partial charge in [0.15, 0.2) is 0 Å². The van der Waals surface area contributed by atoms with Crippen molar-refractivity contribution in [1.82, 2.24) is 10.3 Å². The number of fused-ring (bicyclic) bond motifs is 1. The number of aromatic nitrogens is 1. The Labute approximate surface area is 248 Å². The van der Waals surface area contributed by atoms with Crippen molar-refractivity contribution in [2.75, 3.05) is 23.8 Å². The van der Waals surface area contributed by atoms with E-state index in [2.05, 4.69) is 27.0 Å². The van der Waals surface area contributed by atoms with Crippen LogP contribution in [-0.4, -0.2) is 30.1 Å². The highest BCUT2D eigenvalue weighted by molar-refractivity contribution is 6.32. The average molecular weight is 586 g/mol. The Kier molecular flexibility index (Phi) is 9.17. The van der Waals surface area contributed by atoms with E-state index in [0.717, 1.165) is 19.4 Å². The van der Waals surface area contributed by atoms with Crippen LogP contribution in [0.5, 0.6) is 11.5 Å². The number of nitriles is 1. The van der Waals surface area contributed by atoms with Crippen molar-refractivity contribution >= 4 is 45.5 Å². The molecule has 214 valence electrons. The molecule has 1 aliphatic rings. The quantitative estimate of drug-likeness (QED) is 0.174. The van der Waals surface area contributed by atoms with Crippen LogP contribution in [0.15, 0.2) is 72.9 Å². The standard InChI is InChI=1S/C32H29ClFN5O3/c1-2-41-30-16-27-25(15-28(30)39-31(40)11-9-23-7-4-12-36-23)32(21(17-35)18-37-27)38-24-8-10-29(26(33)14-24)42-19-20-5-3-6-22(34)13-20/h3,5-6,8-11,13-16,18,23,36H,2,4,7,12,19H2,1H3,(H,37,38)(H,39,40)/b11-9+. The molecule has 0 spiro atoms. The number of benzene rings is 3. The Morgan fingerprint density at radius 1 is 1.21 bits per heavy atom. The van der Waals surface area contributed by atoms with Crippen molar-refractivity contribution in [2.24, 2.45) is 0 Å². The van der Waals surface area contributed by atoms with Gasteiger partial charge >= 0.3 is 0 Å². The first-order chi connectivity index (χ1) is 20.4. The van der Waals surface area contributed by atoms with Crippen molar-refractivity contribution in [3.8, 4) is 17.6 Å². The molecule has 0 bridgehead atoms. The molecule has 42 heavy (non-hydrogen) atoms. The number of hydrogen-bond acceptors (Lipinski definition) is 7. The molecule has 1 atom stereocenters. The molecule has 3 aromatic carbocycles. The first-order valence-corrected chi connectivity index (χ1v) is 14.0. The lowest BCUT2D eigenvalue weighted by atomic mass is 10.1. The molecule has 0 saturated carbocycles. The number of nitrogens with one attached hydrogen (secondary N) is 3. The van der Waals surface area contributed by atoms with Crippen LogP contribution in [0.4, 0.5) is 21.5 Å². The number of amides is 1. The van der Waals surface area contributed by atoms with Crippen LogP contribution in [0.2, 0.25) is 5.02 Å². The van der Waals surface area contributed by atoms with Gasteiger partial charge in [0, 0.05) is 35.5 Å². The van der Waals surface area contributed by atoms with E-state index in [9.17, 15) is 14.4 Å². The maximum atomic E-state index is 13.5. The zero-order chi connectivity index (χ0) is 29.5. The number of carbonyl (C=O) groups is 1. The fourth-order valence-corrected chi connectivity index (χ4v) is 4.93. The molecule has 1 aromatic heterocycles. The number of halogens is 2. The van der Waals surface area contributed by atoms with Gasteiger partial charge in [-0.25, -0.2) is 4.39 Å². The summed E-state index contributed by atoms with van der Waals surface area (Å²) in [6.45, 7) is 3.34. The highest BCUT2D eigenvalue weighted by atomic mass is 35.5. The smallest absolute Gasteiger partial charge is 0.248 e. The van der Waals surface area contributed by atoms with Gasteiger partial charge in [0.25, 0.3) is 0 Å². The third-order valence-corrected chi connectivity index (χ3v) is 7.01. The molecule has 5 rings (SSSR count). The third-order valence-electron chi connectivity index (χ3n) is 6.71. The van der Waals surface area contributed by atoms with Gasteiger partial charge in [-0.1, -0.05) is 29.8 Å². The first-order valence-electron chi connectivity index (χ1n) is 13.6. The summed E-state index contributed by atoms with van der Waals surface area (Å²) < 4.78 is 25.1. The summed E-state index contributed by atoms with van der Waals surface area (Å²) in [5.74, 6) is 0.271. The van der Waals surface area contributed by atoms with Crippen LogP contribution >= 0.6 is 11.6 Å². The van der Waals surface area contributed by atoms with E-state index < -0.39 is 0 Å². The molecular weight excluding hydrogens is 557 g/mol. The van der Waals surface area contributed by atoms with E-state index in [4.69, 9.17) is 21.1 Å². The van der Waals surface area contributed by atoms with Crippen LogP contribution in [-0.2, 0) is 11.4 Å². The molecular formula is C32H29ClFN5O3. The Morgan fingerprint density at radius 2 is 2.10 bits per heavy atom. The molecule has 1 saturated heterocycles. The minimum Gasteiger partial charge on any atom is -0.492 e. The number of carbonyl (C=O) groups excluding carboxylic acids is 1. The molecule has 1 aliphatic heterocycles. The SMILES string of the molecule is CCOc1cc2ncc(C#N)c(Nc3ccc(OCc4cccc(F)c4)c(Cl)c3)c2cc1NC(=O)/C=C/C1CCCN1.